The minimum Gasteiger partial charge on any atom is -0.493 e. The predicted molar refractivity (Wildman–Crippen MR) is 102 cm³/mol. The Hall–Kier alpha value is -3.74. The number of carbonyl (C=O) groups is 2. The lowest BCUT2D eigenvalue weighted by Gasteiger charge is -2.07. The van der Waals surface area contributed by atoms with Crippen LogP contribution in [0.1, 0.15) is 16.1 Å². The summed E-state index contributed by atoms with van der Waals surface area (Å²) in [6.45, 7) is 0. The van der Waals surface area contributed by atoms with Crippen molar-refractivity contribution in [1.29, 1.82) is 0 Å². The molecule has 0 aliphatic carbocycles. The summed E-state index contributed by atoms with van der Waals surface area (Å²) in [5.41, 5.74) is 6.81. The summed E-state index contributed by atoms with van der Waals surface area (Å²) in [6, 6.07) is 12.2. The predicted octanol–water partition coefficient (Wildman–Crippen LogP) is 3.20. The van der Waals surface area contributed by atoms with Gasteiger partial charge >= 0.3 is 0 Å². The average molecular weight is 366 g/mol. The molecule has 0 saturated heterocycles. The molecule has 0 saturated carbocycles. The van der Waals surface area contributed by atoms with Gasteiger partial charge in [0.2, 0.25) is 11.7 Å². The number of carbonyl (C=O) groups excluding carboxylic acids is 2. The largest absolute Gasteiger partial charge is 0.493 e. The third kappa shape index (κ3) is 3.77. The maximum atomic E-state index is 12.3. The number of benzene rings is 2. The van der Waals surface area contributed by atoms with Crippen molar-refractivity contribution in [3.63, 3.8) is 0 Å². The van der Waals surface area contributed by atoms with Crippen LogP contribution in [0.3, 0.4) is 0 Å². The normalized spacial score (nSPS) is 10.9. The third-order valence-electron chi connectivity index (χ3n) is 3.90. The number of ether oxygens (including phenoxy) is 2. The highest BCUT2D eigenvalue weighted by atomic mass is 16.5. The molecule has 3 aromatic rings. The molecule has 138 valence electrons. The van der Waals surface area contributed by atoms with Crippen molar-refractivity contribution in [2.45, 2.75) is 0 Å². The van der Waals surface area contributed by atoms with Crippen LogP contribution in [0.15, 0.2) is 53.0 Å². The van der Waals surface area contributed by atoms with E-state index in [-0.39, 0.29) is 11.4 Å². The molecule has 7 heteroatoms. The van der Waals surface area contributed by atoms with Crippen molar-refractivity contribution in [2.75, 3.05) is 19.5 Å². The molecule has 2 aromatic carbocycles. The number of fused-ring (bicyclic) bond motifs is 1. The van der Waals surface area contributed by atoms with Gasteiger partial charge in [-0.15, -0.1) is 0 Å². The second-order valence-corrected chi connectivity index (χ2v) is 5.60. The minimum absolute atomic E-state index is 0.0935. The number of furan rings is 1. The van der Waals surface area contributed by atoms with Gasteiger partial charge in [0.15, 0.2) is 11.5 Å². The number of rotatable bonds is 6. The summed E-state index contributed by atoms with van der Waals surface area (Å²) in [7, 11) is 3.08. The Labute approximate surface area is 155 Å². The monoisotopic (exact) mass is 366 g/mol. The second kappa shape index (κ2) is 7.65. The molecular formula is C20H18N2O5. The quantitative estimate of drug-likeness (QED) is 0.652. The van der Waals surface area contributed by atoms with Crippen molar-refractivity contribution in [3.05, 3.63) is 59.9 Å². The number of primary amides is 1. The van der Waals surface area contributed by atoms with Crippen LogP contribution in [0, 0.1) is 0 Å². The molecule has 0 fully saturated rings. The molecule has 0 unspecified atom stereocenters. The van der Waals surface area contributed by atoms with E-state index in [0.717, 1.165) is 5.56 Å². The maximum Gasteiger partial charge on any atom is 0.286 e. The number of hydrogen-bond donors (Lipinski definition) is 2. The molecular weight excluding hydrogens is 348 g/mol. The van der Waals surface area contributed by atoms with Crippen molar-refractivity contribution in [3.8, 4) is 11.5 Å². The first-order valence-electron chi connectivity index (χ1n) is 8.06. The fourth-order valence-corrected chi connectivity index (χ4v) is 2.64. The van der Waals surface area contributed by atoms with E-state index >= 15 is 0 Å². The van der Waals surface area contributed by atoms with Crippen LogP contribution in [0.2, 0.25) is 0 Å². The van der Waals surface area contributed by atoms with E-state index in [1.165, 1.54) is 13.2 Å². The van der Waals surface area contributed by atoms with Crippen molar-refractivity contribution in [1.82, 2.24) is 0 Å². The molecule has 3 N–H and O–H groups in total. The molecule has 27 heavy (non-hydrogen) atoms. The molecule has 0 atom stereocenters. The molecule has 0 aliphatic heterocycles. The lowest BCUT2D eigenvalue weighted by molar-refractivity contribution is -0.111. The summed E-state index contributed by atoms with van der Waals surface area (Å²) in [5, 5.41) is 3.26. The zero-order chi connectivity index (χ0) is 19.4. The molecule has 1 aromatic heterocycles. The van der Waals surface area contributed by atoms with E-state index in [1.54, 1.807) is 55.7 Å². The lowest BCUT2D eigenvalue weighted by atomic mass is 10.2. The second-order valence-electron chi connectivity index (χ2n) is 5.60. The third-order valence-corrected chi connectivity index (χ3v) is 3.90. The van der Waals surface area contributed by atoms with Gasteiger partial charge in [-0.3, -0.25) is 9.59 Å². The molecule has 0 aliphatic rings. The lowest BCUT2D eigenvalue weighted by Crippen LogP contribution is -2.15. The van der Waals surface area contributed by atoms with Crippen LogP contribution >= 0.6 is 0 Å². The van der Waals surface area contributed by atoms with Gasteiger partial charge in [-0.05, 0) is 35.9 Å². The Morgan fingerprint density at radius 2 is 1.81 bits per heavy atom. The Kier molecular flexibility index (Phi) is 5.12. The van der Waals surface area contributed by atoms with E-state index in [4.69, 9.17) is 19.6 Å². The summed E-state index contributed by atoms with van der Waals surface area (Å²) < 4.78 is 15.9. The van der Waals surface area contributed by atoms with Gasteiger partial charge in [0, 0.05) is 11.5 Å². The van der Waals surface area contributed by atoms with E-state index in [9.17, 15) is 9.59 Å². The number of hydrogen-bond acceptors (Lipinski definition) is 5. The van der Waals surface area contributed by atoms with Gasteiger partial charge in [-0.2, -0.15) is 0 Å². The zero-order valence-electron chi connectivity index (χ0n) is 14.8. The minimum atomic E-state index is -0.759. The van der Waals surface area contributed by atoms with E-state index in [0.29, 0.717) is 22.5 Å². The van der Waals surface area contributed by atoms with Gasteiger partial charge in [0.05, 0.1) is 14.2 Å². The van der Waals surface area contributed by atoms with Gasteiger partial charge in [0.25, 0.3) is 5.91 Å². The fraction of sp³-hybridized carbons (Fsp3) is 0.100. The highest BCUT2D eigenvalue weighted by Crippen LogP contribution is 2.31. The van der Waals surface area contributed by atoms with Crippen LogP contribution in [-0.4, -0.2) is 26.0 Å². The van der Waals surface area contributed by atoms with Gasteiger partial charge in [-0.25, -0.2) is 0 Å². The first-order valence-corrected chi connectivity index (χ1v) is 8.06. The number of nitrogens with one attached hydrogen (secondary N) is 1. The summed E-state index contributed by atoms with van der Waals surface area (Å²) in [6.07, 6.45) is 2.96. The molecule has 1 heterocycles. The van der Waals surface area contributed by atoms with Crippen molar-refractivity contribution in [2.24, 2.45) is 5.73 Å². The fourth-order valence-electron chi connectivity index (χ4n) is 2.64. The Bertz CT molecular complexity index is 1040. The molecule has 0 spiro atoms. The van der Waals surface area contributed by atoms with E-state index in [2.05, 4.69) is 5.32 Å². The first kappa shape index (κ1) is 18.1. The van der Waals surface area contributed by atoms with E-state index < -0.39 is 11.8 Å². The number of anilines is 1. The van der Waals surface area contributed by atoms with Crippen LogP contribution in [0.4, 0.5) is 5.69 Å². The van der Waals surface area contributed by atoms with Gasteiger partial charge in [-0.1, -0.05) is 18.2 Å². The van der Waals surface area contributed by atoms with Gasteiger partial charge in [0.1, 0.15) is 11.3 Å². The van der Waals surface area contributed by atoms with Crippen LogP contribution in [0.5, 0.6) is 11.5 Å². The number of para-hydroxylation sites is 1. The zero-order valence-corrected chi connectivity index (χ0v) is 14.8. The van der Waals surface area contributed by atoms with E-state index in [1.807, 2.05) is 0 Å². The van der Waals surface area contributed by atoms with Gasteiger partial charge < -0.3 is 24.9 Å². The highest BCUT2D eigenvalue weighted by Gasteiger charge is 2.19. The summed E-state index contributed by atoms with van der Waals surface area (Å²) in [5.74, 6) is -0.139. The van der Waals surface area contributed by atoms with Crippen molar-refractivity contribution >= 4 is 34.5 Å². The highest BCUT2D eigenvalue weighted by molar-refractivity contribution is 6.13. The Morgan fingerprint density at radius 3 is 2.52 bits per heavy atom. The molecule has 0 bridgehead atoms. The summed E-state index contributed by atoms with van der Waals surface area (Å²) in [4.78, 5) is 23.9. The van der Waals surface area contributed by atoms with Crippen molar-refractivity contribution < 1.29 is 23.5 Å². The standard InChI is InChI=1S/C20H18N2O5/c1-25-15-9-7-12(11-16(15)26-2)8-10-17(23)22-18-13-5-3-4-6-14(13)27-19(18)20(21)24/h3-11H,1-2H3,(H2,21,24)(H,22,23)/b10-8+. The summed E-state index contributed by atoms with van der Waals surface area (Å²) >= 11 is 0. The van der Waals surface area contributed by atoms with Crippen LogP contribution in [-0.2, 0) is 4.79 Å². The number of methoxy groups -OCH3 is 2. The molecule has 3 rings (SSSR count). The maximum absolute atomic E-state index is 12.3. The number of amides is 2. The molecule has 7 nitrogen and oxygen atoms in total. The molecule has 0 radical (unpaired) electrons. The number of nitrogens with two attached hydrogens (primary N) is 1. The Morgan fingerprint density at radius 1 is 1.07 bits per heavy atom. The first-order chi connectivity index (χ1) is 13.0. The van der Waals surface area contributed by atoms with Crippen LogP contribution in [0.25, 0.3) is 17.0 Å². The Balaban J connectivity index is 1.84. The average Bonchev–Trinajstić information content (AvgIpc) is 3.05. The molecule has 2 amide bonds. The smallest absolute Gasteiger partial charge is 0.286 e. The van der Waals surface area contributed by atoms with Crippen LogP contribution < -0.4 is 20.5 Å². The topological polar surface area (TPSA) is 104 Å². The SMILES string of the molecule is COc1ccc(/C=C/C(=O)Nc2c(C(N)=O)oc3ccccc23)cc1OC.